The number of aliphatic imine (C=N–C) groups is 1. The fourth-order valence-electron chi connectivity index (χ4n) is 5.05. The highest BCUT2D eigenvalue weighted by atomic mass is 16.6. The molecule has 3 aromatic rings. The van der Waals surface area contributed by atoms with E-state index in [0.29, 0.717) is 43.5 Å². The highest BCUT2D eigenvalue weighted by molar-refractivity contribution is 6.05. The molecule has 44 heavy (non-hydrogen) atoms. The zero-order valence-corrected chi connectivity index (χ0v) is 26.4. The molecule has 234 valence electrons. The molecule has 12 nitrogen and oxygen atoms in total. The number of hydrogen-bond acceptors (Lipinski definition) is 9. The van der Waals surface area contributed by atoms with Gasteiger partial charge in [-0.15, -0.1) is 0 Å². The second kappa shape index (κ2) is 13.4. The van der Waals surface area contributed by atoms with Crippen molar-refractivity contribution in [1.29, 1.82) is 0 Å². The Morgan fingerprint density at radius 1 is 0.886 bits per heavy atom. The van der Waals surface area contributed by atoms with Gasteiger partial charge in [0.15, 0.2) is 0 Å². The predicted octanol–water partition coefficient (Wildman–Crippen LogP) is 4.46. The number of amidine groups is 1. The van der Waals surface area contributed by atoms with Crippen molar-refractivity contribution in [2.45, 2.75) is 65.4 Å². The van der Waals surface area contributed by atoms with E-state index in [-0.39, 0.29) is 23.5 Å². The Bertz CT molecular complexity index is 1460. The van der Waals surface area contributed by atoms with Crippen LogP contribution in [0.4, 0.5) is 16.4 Å². The van der Waals surface area contributed by atoms with Crippen molar-refractivity contribution in [1.82, 2.24) is 24.8 Å². The molecular formula is C32H43N9O3. The molecule has 0 bridgehead atoms. The lowest BCUT2D eigenvalue weighted by Gasteiger charge is -2.36. The molecule has 1 saturated carbocycles. The number of anilines is 2. The Labute approximate surface area is 259 Å². The average Bonchev–Trinajstić information content (AvgIpc) is 3.88. The van der Waals surface area contributed by atoms with Crippen LogP contribution in [0.5, 0.6) is 0 Å². The number of hydrogen-bond donors (Lipinski definition) is 2. The number of carbonyl (C=O) groups excluding carboxylic acids is 2. The quantitative estimate of drug-likeness (QED) is 0.304. The Morgan fingerprint density at radius 3 is 2.07 bits per heavy atom. The minimum Gasteiger partial charge on any atom is -0.444 e. The number of nitrogen functional groups attached to an aromatic ring is 1. The minimum absolute atomic E-state index is 0.115. The van der Waals surface area contributed by atoms with Gasteiger partial charge in [0, 0.05) is 31.7 Å². The van der Waals surface area contributed by atoms with Crippen LogP contribution in [-0.2, 0) is 10.2 Å². The molecule has 2 fully saturated rings. The largest absolute Gasteiger partial charge is 0.444 e. The summed E-state index contributed by atoms with van der Waals surface area (Å²) in [5.74, 6) is 0.981. The van der Waals surface area contributed by atoms with E-state index in [9.17, 15) is 9.59 Å². The van der Waals surface area contributed by atoms with Crippen molar-refractivity contribution < 1.29 is 14.3 Å². The number of nitrogens with two attached hydrogens (primary N) is 2. The molecule has 2 aliphatic rings. The summed E-state index contributed by atoms with van der Waals surface area (Å²) in [7, 11) is 0. The first-order valence-electron chi connectivity index (χ1n) is 15.1. The van der Waals surface area contributed by atoms with Crippen LogP contribution in [0.2, 0.25) is 0 Å². The topological polar surface area (TPSA) is 166 Å². The Kier molecular flexibility index (Phi) is 9.81. The zero-order chi connectivity index (χ0) is 32.1. The first-order valence-corrected chi connectivity index (χ1v) is 15.1. The van der Waals surface area contributed by atoms with Gasteiger partial charge >= 0.3 is 6.09 Å². The monoisotopic (exact) mass is 601 g/mol. The van der Waals surface area contributed by atoms with E-state index < -0.39 is 16.9 Å². The van der Waals surface area contributed by atoms with Crippen molar-refractivity contribution in [3.8, 4) is 11.3 Å². The third-order valence-corrected chi connectivity index (χ3v) is 7.71. The summed E-state index contributed by atoms with van der Waals surface area (Å²) in [6.45, 7) is 13.7. The van der Waals surface area contributed by atoms with Crippen LogP contribution < -0.4 is 16.4 Å². The lowest BCUT2D eigenvalue weighted by molar-refractivity contribution is 0.0240. The van der Waals surface area contributed by atoms with Crippen molar-refractivity contribution in [2.75, 3.05) is 36.8 Å². The molecule has 4 N–H and O–H groups in total. The van der Waals surface area contributed by atoms with Crippen molar-refractivity contribution in [2.24, 2.45) is 16.6 Å². The highest BCUT2D eigenvalue weighted by Gasteiger charge is 2.46. The average molecular weight is 602 g/mol. The van der Waals surface area contributed by atoms with Gasteiger partial charge in [0.25, 0.3) is 5.91 Å². The number of amides is 2. The molecule has 1 aromatic carbocycles. The molecule has 5 rings (SSSR count). The Balaban J connectivity index is 0.00000216. The summed E-state index contributed by atoms with van der Waals surface area (Å²) < 4.78 is 5.46. The van der Waals surface area contributed by atoms with Gasteiger partial charge in [-0.05, 0) is 52.0 Å². The summed E-state index contributed by atoms with van der Waals surface area (Å²) in [4.78, 5) is 50.7. The summed E-state index contributed by atoms with van der Waals surface area (Å²) in [6, 6.07) is 7.91. The molecule has 0 radical (unpaired) electrons. The van der Waals surface area contributed by atoms with Crippen LogP contribution in [0.15, 0.2) is 54.0 Å². The first-order chi connectivity index (χ1) is 20.9. The number of carbonyl (C=O) groups is 2. The summed E-state index contributed by atoms with van der Waals surface area (Å²) in [5.41, 5.74) is 13.8. The van der Waals surface area contributed by atoms with Crippen molar-refractivity contribution >= 4 is 29.5 Å². The summed E-state index contributed by atoms with van der Waals surface area (Å²) in [6.07, 6.45) is 7.82. The molecule has 1 aliphatic carbocycles. The second-order valence-electron chi connectivity index (χ2n) is 11.9. The predicted molar refractivity (Wildman–Crippen MR) is 171 cm³/mol. The van der Waals surface area contributed by atoms with Crippen LogP contribution in [0.1, 0.15) is 70.4 Å². The standard InChI is InChI=1S/C30H37N9O3.C2H6/c1-29(2,3)42-28(41)39-13-11-38(12-14-39)25-18-34-23(16-36-25)26(40)37-27(32)30(4,21-9-10-21)20-7-5-19(6-8-20)22-15-35-24(31)17-33-22;1-2/h5-8,15-18,21H,9-14H2,1-4H3,(H2,31,35)(H2,32,37,40);1-2H3. The maximum atomic E-state index is 13.1. The second-order valence-corrected chi connectivity index (χ2v) is 11.9. The molecule has 1 saturated heterocycles. The molecule has 1 unspecified atom stereocenters. The lowest BCUT2D eigenvalue weighted by Crippen LogP contribution is -2.50. The number of rotatable bonds is 6. The molecular weight excluding hydrogens is 558 g/mol. The maximum absolute atomic E-state index is 13.1. The van der Waals surface area contributed by atoms with Crippen molar-refractivity contribution in [3.05, 3.63) is 60.3 Å². The van der Waals surface area contributed by atoms with E-state index in [0.717, 1.165) is 24.0 Å². The summed E-state index contributed by atoms with van der Waals surface area (Å²) in [5, 5.41) is 0. The number of piperazine rings is 1. The highest BCUT2D eigenvalue weighted by Crippen LogP contribution is 2.47. The van der Waals surface area contributed by atoms with E-state index in [1.165, 1.54) is 12.4 Å². The van der Waals surface area contributed by atoms with Crippen molar-refractivity contribution in [3.63, 3.8) is 0 Å². The lowest BCUT2D eigenvalue weighted by atomic mass is 9.76. The number of aromatic nitrogens is 4. The van der Waals surface area contributed by atoms with E-state index in [2.05, 4.69) is 24.9 Å². The minimum atomic E-state index is -0.609. The fraction of sp³-hybridized carbons (Fsp3) is 0.469. The number of benzene rings is 1. The molecule has 12 heteroatoms. The first kappa shape index (κ1) is 32.3. The van der Waals surface area contributed by atoms with Gasteiger partial charge in [0.1, 0.15) is 28.8 Å². The SMILES string of the molecule is CC.CC(C)(C)OC(=O)N1CCN(c2cnc(C(=O)N=C(N)C(C)(c3ccc(-c4cnc(N)cn4)cc3)C3CC3)cn2)CC1. The Hall–Kier alpha value is -4.61. The van der Waals surface area contributed by atoms with Gasteiger partial charge in [-0.2, -0.15) is 4.99 Å². The molecule has 1 atom stereocenters. The van der Waals surface area contributed by atoms with Crippen LogP contribution in [0.3, 0.4) is 0 Å². The molecule has 2 amide bonds. The van der Waals surface area contributed by atoms with Crippen LogP contribution in [0.25, 0.3) is 11.3 Å². The Morgan fingerprint density at radius 2 is 1.55 bits per heavy atom. The van der Waals surface area contributed by atoms with Crippen LogP contribution >= 0.6 is 0 Å². The molecule has 0 spiro atoms. The van der Waals surface area contributed by atoms with E-state index in [1.807, 2.05) is 70.7 Å². The van der Waals surface area contributed by atoms with Crippen LogP contribution in [-0.4, -0.2) is 74.5 Å². The molecule has 2 aromatic heterocycles. The van der Waals surface area contributed by atoms with E-state index >= 15 is 0 Å². The smallest absolute Gasteiger partial charge is 0.410 e. The number of nitrogens with zero attached hydrogens (tertiary/aromatic N) is 7. The van der Waals surface area contributed by atoms with Gasteiger partial charge in [0.05, 0.1) is 35.9 Å². The van der Waals surface area contributed by atoms with Gasteiger partial charge in [-0.25, -0.2) is 19.7 Å². The van der Waals surface area contributed by atoms with E-state index in [4.69, 9.17) is 16.2 Å². The summed E-state index contributed by atoms with van der Waals surface area (Å²) >= 11 is 0. The van der Waals surface area contributed by atoms with Crippen LogP contribution in [0, 0.1) is 5.92 Å². The third-order valence-electron chi connectivity index (χ3n) is 7.71. The van der Waals surface area contributed by atoms with E-state index in [1.54, 1.807) is 17.3 Å². The van der Waals surface area contributed by atoms with Gasteiger partial charge < -0.3 is 26.0 Å². The number of ether oxygens (including phenoxy) is 1. The molecule has 1 aliphatic heterocycles. The van der Waals surface area contributed by atoms with Gasteiger partial charge in [-0.1, -0.05) is 38.1 Å². The molecule has 3 heterocycles. The fourth-order valence-corrected chi connectivity index (χ4v) is 5.05. The van der Waals surface area contributed by atoms with Gasteiger partial charge in [0.2, 0.25) is 0 Å². The zero-order valence-electron chi connectivity index (χ0n) is 26.4. The maximum Gasteiger partial charge on any atom is 0.410 e. The third kappa shape index (κ3) is 7.47. The normalized spacial score (nSPS) is 16.8. The van der Waals surface area contributed by atoms with Gasteiger partial charge in [-0.3, -0.25) is 9.78 Å².